The van der Waals surface area contributed by atoms with Gasteiger partial charge in [-0.25, -0.2) is 4.98 Å². The summed E-state index contributed by atoms with van der Waals surface area (Å²) < 4.78 is 10.9. The van der Waals surface area contributed by atoms with Crippen molar-refractivity contribution in [1.29, 1.82) is 0 Å². The smallest absolute Gasteiger partial charge is 0.277 e. The summed E-state index contributed by atoms with van der Waals surface area (Å²) in [5.74, 6) is 2.03. The third kappa shape index (κ3) is 3.36. The van der Waals surface area contributed by atoms with Gasteiger partial charge in [-0.1, -0.05) is 11.8 Å². The Morgan fingerprint density at radius 2 is 2.33 bits per heavy atom. The quantitative estimate of drug-likeness (QED) is 0.622. The molecule has 0 atom stereocenters. The second-order valence-electron chi connectivity index (χ2n) is 5.29. The van der Waals surface area contributed by atoms with Gasteiger partial charge >= 0.3 is 0 Å². The van der Waals surface area contributed by atoms with Gasteiger partial charge in [0.2, 0.25) is 11.8 Å². The first kappa shape index (κ1) is 15.4. The molecule has 3 aromatic heterocycles. The Morgan fingerprint density at radius 3 is 3.12 bits per heavy atom. The Hall–Kier alpha value is -2.13. The normalized spacial score (nSPS) is 14.7. The van der Waals surface area contributed by atoms with Gasteiger partial charge in [0.25, 0.3) is 5.22 Å². The van der Waals surface area contributed by atoms with Gasteiger partial charge in [-0.2, -0.15) is 0 Å². The third-order valence-corrected chi connectivity index (χ3v) is 5.33. The molecule has 0 bridgehead atoms. The third-order valence-electron chi connectivity index (χ3n) is 3.57. The van der Waals surface area contributed by atoms with Gasteiger partial charge in [0.15, 0.2) is 10.8 Å². The number of thiazole rings is 1. The van der Waals surface area contributed by atoms with Gasteiger partial charge in [0.05, 0.1) is 18.5 Å². The first-order valence-electron chi connectivity index (χ1n) is 7.49. The van der Waals surface area contributed by atoms with Crippen LogP contribution in [0.5, 0.6) is 0 Å². The first-order valence-corrected chi connectivity index (χ1v) is 9.36. The van der Waals surface area contributed by atoms with E-state index in [1.807, 2.05) is 17.5 Å². The van der Waals surface area contributed by atoms with Crippen LogP contribution >= 0.6 is 23.1 Å². The lowest BCUT2D eigenvalue weighted by Crippen LogP contribution is -2.23. The number of amides is 1. The van der Waals surface area contributed by atoms with E-state index >= 15 is 0 Å². The standard InChI is InChI=1S/C15H14N4O3S2/c20-13-4-1-5-19(13)7-12-17-18-15(22-12)24-9-10-8-23-14(16-10)11-3-2-6-21-11/h2-3,6,8H,1,4-5,7,9H2. The zero-order valence-electron chi connectivity index (χ0n) is 12.7. The molecule has 0 saturated carbocycles. The van der Waals surface area contributed by atoms with Crippen LogP contribution in [0.15, 0.2) is 37.8 Å². The summed E-state index contributed by atoms with van der Waals surface area (Å²) in [7, 11) is 0. The van der Waals surface area contributed by atoms with Crippen molar-refractivity contribution in [3.05, 3.63) is 35.4 Å². The molecule has 7 nitrogen and oxygen atoms in total. The number of thioether (sulfide) groups is 1. The van der Waals surface area contributed by atoms with Gasteiger partial charge in [-0.15, -0.1) is 21.5 Å². The molecule has 0 radical (unpaired) electrons. The summed E-state index contributed by atoms with van der Waals surface area (Å²) in [5.41, 5.74) is 0.936. The van der Waals surface area contributed by atoms with Crippen LogP contribution in [0.4, 0.5) is 0 Å². The molecule has 1 aliphatic rings. The molecule has 0 N–H and O–H groups in total. The minimum Gasteiger partial charge on any atom is -0.462 e. The van der Waals surface area contributed by atoms with Crippen molar-refractivity contribution < 1.29 is 13.6 Å². The second kappa shape index (κ2) is 6.78. The van der Waals surface area contributed by atoms with Crippen molar-refractivity contribution in [2.75, 3.05) is 6.54 Å². The van der Waals surface area contributed by atoms with Crippen molar-refractivity contribution >= 4 is 29.0 Å². The first-order chi connectivity index (χ1) is 11.8. The largest absolute Gasteiger partial charge is 0.462 e. The molecule has 0 aromatic carbocycles. The summed E-state index contributed by atoms with van der Waals surface area (Å²) in [4.78, 5) is 17.9. The van der Waals surface area contributed by atoms with Gasteiger partial charge in [0.1, 0.15) is 0 Å². The van der Waals surface area contributed by atoms with Crippen molar-refractivity contribution in [1.82, 2.24) is 20.1 Å². The van der Waals surface area contributed by atoms with E-state index in [0.29, 0.717) is 29.8 Å². The van der Waals surface area contributed by atoms with Crippen molar-refractivity contribution in [2.24, 2.45) is 0 Å². The number of hydrogen-bond donors (Lipinski definition) is 0. The summed E-state index contributed by atoms with van der Waals surface area (Å²) in [6.07, 6.45) is 3.14. The Kier molecular flexibility index (Phi) is 4.35. The highest BCUT2D eigenvalue weighted by Gasteiger charge is 2.22. The number of rotatable bonds is 6. The summed E-state index contributed by atoms with van der Waals surface area (Å²) in [6.45, 7) is 1.16. The van der Waals surface area contributed by atoms with Gasteiger partial charge in [-0.3, -0.25) is 4.79 Å². The average Bonchev–Trinajstić information content (AvgIpc) is 3.35. The predicted molar refractivity (Wildman–Crippen MR) is 88.3 cm³/mol. The minimum atomic E-state index is 0.148. The molecule has 124 valence electrons. The lowest BCUT2D eigenvalue weighted by Gasteiger charge is -2.11. The zero-order valence-corrected chi connectivity index (χ0v) is 14.3. The monoisotopic (exact) mass is 362 g/mol. The number of furan rings is 1. The number of carbonyl (C=O) groups is 1. The molecule has 24 heavy (non-hydrogen) atoms. The second-order valence-corrected chi connectivity index (χ2v) is 7.08. The Morgan fingerprint density at radius 1 is 1.38 bits per heavy atom. The fraction of sp³-hybridized carbons (Fsp3) is 0.333. The van der Waals surface area contributed by atoms with Crippen LogP contribution in [-0.4, -0.2) is 32.5 Å². The zero-order chi connectivity index (χ0) is 16.4. The SMILES string of the molecule is O=C1CCCN1Cc1nnc(SCc2csc(-c3ccco3)n2)o1. The maximum atomic E-state index is 11.6. The maximum Gasteiger partial charge on any atom is 0.277 e. The van der Waals surface area contributed by atoms with E-state index in [-0.39, 0.29) is 5.91 Å². The summed E-state index contributed by atoms with van der Waals surface area (Å²) in [6, 6.07) is 3.73. The van der Waals surface area contributed by atoms with Crippen LogP contribution < -0.4 is 0 Å². The molecular weight excluding hydrogens is 348 g/mol. The van der Waals surface area contributed by atoms with Crippen LogP contribution in [0.25, 0.3) is 10.8 Å². The molecule has 0 aliphatic carbocycles. The Balaban J connectivity index is 1.34. The van der Waals surface area contributed by atoms with E-state index in [1.165, 1.54) is 11.8 Å². The van der Waals surface area contributed by atoms with E-state index < -0.39 is 0 Å². The Labute approximate surface area is 146 Å². The highest BCUT2D eigenvalue weighted by molar-refractivity contribution is 7.98. The molecule has 0 spiro atoms. The molecule has 0 unspecified atom stereocenters. The number of nitrogens with zero attached hydrogens (tertiary/aromatic N) is 4. The molecule has 1 amide bonds. The number of hydrogen-bond acceptors (Lipinski definition) is 8. The number of likely N-dealkylation sites (tertiary alicyclic amines) is 1. The van der Waals surface area contributed by atoms with Gasteiger partial charge < -0.3 is 13.7 Å². The lowest BCUT2D eigenvalue weighted by atomic mass is 10.4. The van der Waals surface area contributed by atoms with Crippen LogP contribution in [-0.2, 0) is 17.1 Å². The predicted octanol–water partition coefficient (Wildman–Crippen LogP) is 3.20. The summed E-state index contributed by atoms with van der Waals surface area (Å²) in [5, 5.41) is 11.4. The van der Waals surface area contributed by atoms with E-state index in [0.717, 1.165) is 29.4 Å². The molecule has 3 aromatic rings. The van der Waals surface area contributed by atoms with Gasteiger partial charge in [0, 0.05) is 24.1 Å². The van der Waals surface area contributed by atoms with Crippen LogP contribution in [0.3, 0.4) is 0 Å². The average molecular weight is 362 g/mol. The fourth-order valence-corrected chi connectivity index (χ4v) is 3.98. The molecule has 9 heteroatoms. The summed E-state index contributed by atoms with van der Waals surface area (Å²) >= 11 is 2.97. The van der Waals surface area contributed by atoms with E-state index in [4.69, 9.17) is 8.83 Å². The van der Waals surface area contributed by atoms with E-state index in [9.17, 15) is 4.79 Å². The van der Waals surface area contributed by atoms with Crippen LogP contribution in [0.1, 0.15) is 24.4 Å². The maximum absolute atomic E-state index is 11.6. The molecule has 4 heterocycles. The van der Waals surface area contributed by atoms with Crippen molar-refractivity contribution in [3.8, 4) is 10.8 Å². The van der Waals surface area contributed by atoms with Gasteiger partial charge in [-0.05, 0) is 18.6 Å². The lowest BCUT2D eigenvalue weighted by molar-refractivity contribution is -0.128. The minimum absolute atomic E-state index is 0.148. The highest BCUT2D eigenvalue weighted by Crippen LogP contribution is 2.28. The van der Waals surface area contributed by atoms with E-state index in [1.54, 1.807) is 22.5 Å². The number of aromatic nitrogens is 3. The highest BCUT2D eigenvalue weighted by atomic mass is 32.2. The van der Waals surface area contributed by atoms with Crippen molar-refractivity contribution in [2.45, 2.75) is 30.4 Å². The fourth-order valence-electron chi connectivity index (χ4n) is 2.42. The molecule has 4 rings (SSSR count). The number of carbonyl (C=O) groups excluding carboxylic acids is 1. The van der Waals surface area contributed by atoms with Crippen LogP contribution in [0.2, 0.25) is 0 Å². The van der Waals surface area contributed by atoms with Crippen molar-refractivity contribution in [3.63, 3.8) is 0 Å². The molecule has 1 saturated heterocycles. The topological polar surface area (TPSA) is 85.3 Å². The molecular formula is C15H14N4O3S2. The van der Waals surface area contributed by atoms with E-state index in [2.05, 4.69) is 15.2 Å². The molecule has 1 fully saturated rings. The van der Waals surface area contributed by atoms with Crippen LogP contribution in [0, 0.1) is 0 Å². The molecule has 1 aliphatic heterocycles. The Bertz CT molecular complexity index is 828.